The van der Waals surface area contributed by atoms with Crippen molar-refractivity contribution in [3.8, 4) is 10.6 Å². The molecule has 0 fully saturated rings. The molecule has 0 bridgehead atoms. The first-order valence-corrected chi connectivity index (χ1v) is 13.8. The summed E-state index contributed by atoms with van der Waals surface area (Å²) >= 11 is 3.38. The summed E-state index contributed by atoms with van der Waals surface area (Å²) < 4.78 is 2.92. The molecule has 6 nitrogen and oxygen atoms in total. The average Bonchev–Trinajstić information content (AvgIpc) is 3.60. The number of carbonyl (C=O) groups is 1. The maximum atomic E-state index is 13.4. The summed E-state index contributed by atoms with van der Waals surface area (Å²) in [6.07, 6.45) is 2.62. The maximum Gasteiger partial charge on any atom is 0.274 e. The van der Waals surface area contributed by atoms with E-state index in [-0.39, 0.29) is 11.9 Å². The molecule has 36 heavy (non-hydrogen) atoms. The Bertz CT molecular complexity index is 1500. The van der Waals surface area contributed by atoms with E-state index in [9.17, 15) is 4.79 Å². The number of hydrogen-bond acceptors (Lipinski definition) is 6. The molecule has 6 rings (SSSR count). The molecule has 1 aliphatic heterocycles. The highest BCUT2D eigenvalue weighted by Crippen LogP contribution is 2.46. The molecule has 5 aromatic rings. The first kappa shape index (κ1) is 23.1. The number of aromatic nitrogens is 3. The molecule has 0 saturated carbocycles. The van der Waals surface area contributed by atoms with Crippen LogP contribution in [0.1, 0.15) is 46.4 Å². The van der Waals surface area contributed by atoms with Crippen LogP contribution in [0.5, 0.6) is 0 Å². The van der Waals surface area contributed by atoms with Gasteiger partial charge in [-0.15, -0.1) is 22.7 Å². The van der Waals surface area contributed by atoms with Crippen LogP contribution in [-0.2, 0) is 19.5 Å². The molecule has 0 spiro atoms. The minimum absolute atomic E-state index is 0.104. The molecule has 0 unspecified atom stereocenters. The van der Waals surface area contributed by atoms with E-state index in [1.807, 2.05) is 26.0 Å². The smallest absolute Gasteiger partial charge is 0.274 e. The van der Waals surface area contributed by atoms with E-state index < -0.39 is 0 Å². The van der Waals surface area contributed by atoms with Crippen LogP contribution in [0.4, 0.5) is 5.00 Å². The van der Waals surface area contributed by atoms with E-state index in [2.05, 4.69) is 57.8 Å². The van der Waals surface area contributed by atoms with Gasteiger partial charge in [0.15, 0.2) is 0 Å². The van der Waals surface area contributed by atoms with Gasteiger partial charge in [0.2, 0.25) is 0 Å². The second-order valence-corrected chi connectivity index (χ2v) is 11.5. The van der Waals surface area contributed by atoms with Gasteiger partial charge in [-0.3, -0.25) is 14.4 Å². The predicted octanol–water partition coefficient (Wildman–Crippen LogP) is 6.61. The number of nitrogens with one attached hydrogen (secondary N) is 1. The molecule has 4 heterocycles. The fourth-order valence-electron chi connectivity index (χ4n) is 4.80. The molecular weight excluding hydrogens is 486 g/mol. The Hall–Kier alpha value is -3.33. The van der Waals surface area contributed by atoms with Crippen LogP contribution >= 0.6 is 22.7 Å². The number of para-hydroxylation sites is 1. The van der Waals surface area contributed by atoms with Gasteiger partial charge in [-0.25, -0.2) is 4.98 Å². The van der Waals surface area contributed by atoms with Gasteiger partial charge in [-0.05, 0) is 49.6 Å². The standard InChI is InChI=1S/C28H27N5OS2/c1-18(2)33-22(12-14-29-33)26(34)31-28-25(27-30-21-10-6-7-11-23(21)35-27)20-13-15-32(17-24(20)36-28)16-19-8-4-3-5-9-19/h3-12,14,18H,13,15-17H2,1-2H3,(H,31,34). The quantitative estimate of drug-likeness (QED) is 0.277. The van der Waals surface area contributed by atoms with Crippen LogP contribution in [0.15, 0.2) is 66.9 Å². The number of carbonyl (C=O) groups excluding carboxylic acids is 1. The molecule has 182 valence electrons. The van der Waals surface area contributed by atoms with E-state index in [1.165, 1.54) is 16.0 Å². The van der Waals surface area contributed by atoms with Crippen LogP contribution in [0.2, 0.25) is 0 Å². The van der Waals surface area contributed by atoms with Crippen molar-refractivity contribution in [3.63, 3.8) is 0 Å². The zero-order chi connectivity index (χ0) is 24.6. The van der Waals surface area contributed by atoms with Gasteiger partial charge in [0.25, 0.3) is 5.91 Å². The number of nitrogens with zero attached hydrogens (tertiary/aromatic N) is 4. The molecule has 2 aromatic carbocycles. The molecule has 3 aromatic heterocycles. The fourth-order valence-corrected chi connectivity index (χ4v) is 7.19. The van der Waals surface area contributed by atoms with Crippen molar-refractivity contribution < 1.29 is 4.79 Å². The number of thiazole rings is 1. The van der Waals surface area contributed by atoms with E-state index in [4.69, 9.17) is 4.98 Å². The third kappa shape index (κ3) is 4.36. The minimum Gasteiger partial charge on any atom is -0.312 e. The number of fused-ring (bicyclic) bond motifs is 2. The van der Waals surface area contributed by atoms with Crippen LogP contribution < -0.4 is 5.32 Å². The van der Waals surface area contributed by atoms with E-state index in [0.717, 1.165) is 51.8 Å². The van der Waals surface area contributed by atoms with Crippen LogP contribution in [0.3, 0.4) is 0 Å². The molecule has 8 heteroatoms. The van der Waals surface area contributed by atoms with Crippen LogP contribution in [0, 0.1) is 0 Å². The van der Waals surface area contributed by atoms with Crippen molar-refractivity contribution in [1.82, 2.24) is 19.7 Å². The number of rotatable bonds is 6. The lowest BCUT2D eigenvalue weighted by molar-refractivity contribution is 0.101. The minimum atomic E-state index is -0.136. The molecular formula is C28H27N5OS2. The van der Waals surface area contributed by atoms with Gasteiger partial charge < -0.3 is 5.32 Å². The number of hydrogen-bond donors (Lipinski definition) is 1. The van der Waals surface area contributed by atoms with Crippen molar-refractivity contribution in [3.05, 3.63) is 88.6 Å². The van der Waals surface area contributed by atoms with Gasteiger partial charge in [-0.1, -0.05) is 42.5 Å². The average molecular weight is 514 g/mol. The molecule has 0 saturated heterocycles. The predicted molar refractivity (Wildman–Crippen MR) is 148 cm³/mol. The Morgan fingerprint density at radius 2 is 1.86 bits per heavy atom. The summed E-state index contributed by atoms with van der Waals surface area (Å²) in [5.74, 6) is -0.136. The van der Waals surface area contributed by atoms with Crippen LogP contribution in [0.25, 0.3) is 20.8 Å². The van der Waals surface area contributed by atoms with E-state index >= 15 is 0 Å². The van der Waals surface area contributed by atoms with Crippen molar-refractivity contribution in [2.75, 3.05) is 11.9 Å². The Kier molecular flexibility index (Phi) is 6.17. The lowest BCUT2D eigenvalue weighted by atomic mass is 10.0. The highest BCUT2D eigenvalue weighted by Gasteiger charge is 2.28. The van der Waals surface area contributed by atoms with Gasteiger partial charge in [0.1, 0.15) is 15.7 Å². The molecule has 1 aliphatic rings. The highest BCUT2D eigenvalue weighted by molar-refractivity contribution is 7.23. The van der Waals surface area contributed by atoms with Gasteiger partial charge in [-0.2, -0.15) is 5.10 Å². The summed E-state index contributed by atoms with van der Waals surface area (Å²) in [5, 5.41) is 9.43. The summed E-state index contributed by atoms with van der Waals surface area (Å²) in [7, 11) is 0. The first-order chi connectivity index (χ1) is 17.6. The second kappa shape index (κ2) is 9.61. The zero-order valence-corrected chi connectivity index (χ0v) is 21.9. The second-order valence-electron chi connectivity index (χ2n) is 9.35. The number of benzene rings is 2. The van der Waals surface area contributed by atoms with Gasteiger partial charge in [0, 0.05) is 42.3 Å². The molecule has 0 atom stereocenters. The van der Waals surface area contributed by atoms with E-state index in [0.29, 0.717) is 5.69 Å². The SMILES string of the molecule is CC(C)n1nccc1C(=O)Nc1sc2c(c1-c1nc3ccccc3s1)CCN(Cc1ccccc1)C2. The number of anilines is 1. The largest absolute Gasteiger partial charge is 0.312 e. The van der Waals surface area contributed by atoms with Crippen molar-refractivity contribution in [2.24, 2.45) is 0 Å². The summed E-state index contributed by atoms with van der Waals surface area (Å²) in [6.45, 7) is 6.82. The molecule has 0 radical (unpaired) electrons. The Morgan fingerprint density at radius 1 is 1.06 bits per heavy atom. The summed E-state index contributed by atoms with van der Waals surface area (Å²) in [4.78, 5) is 22.1. The highest BCUT2D eigenvalue weighted by atomic mass is 32.1. The van der Waals surface area contributed by atoms with Gasteiger partial charge in [0.05, 0.1) is 10.2 Å². The Balaban J connectivity index is 1.37. The summed E-state index contributed by atoms with van der Waals surface area (Å²) in [6, 6.07) is 20.7. The van der Waals surface area contributed by atoms with Crippen molar-refractivity contribution in [2.45, 2.75) is 39.4 Å². The normalized spacial score (nSPS) is 13.9. The number of thiophene rings is 1. The van der Waals surface area contributed by atoms with Crippen LogP contribution in [-0.4, -0.2) is 32.1 Å². The third-order valence-corrected chi connectivity index (χ3v) is 8.70. The Labute approximate surface area is 218 Å². The maximum absolute atomic E-state index is 13.4. The Morgan fingerprint density at radius 3 is 2.67 bits per heavy atom. The molecule has 1 amide bonds. The van der Waals surface area contributed by atoms with Crippen molar-refractivity contribution >= 4 is 43.8 Å². The summed E-state index contributed by atoms with van der Waals surface area (Å²) in [5.41, 5.74) is 5.28. The lowest BCUT2D eigenvalue weighted by Crippen LogP contribution is -2.29. The fraction of sp³-hybridized carbons (Fsp3) is 0.250. The third-order valence-electron chi connectivity index (χ3n) is 6.51. The van der Waals surface area contributed by atoms with Crippen molar-refractivity contribution in [1.29, 1.82) is 0 Å². The lowest BCUT2D eigenvalue weighted by Gasteiger charge is -2.27. The van der Waals surface area contributed by atoms with E-state index in [1.54, 1.807) is 39.6 Å². The van der Waals surface area contributed by atoms with Gasteiger partial charge >= 0.3 is 0 Å². The number of amides is 1. The monoisotopic (exact) mass is 513 g/mol. The first-order valence-electron chi connectivity index (χ1n) is 12.2. The molecule has 1 N–H and O–H groups in total. The topological polar surface area (TPSA) is 63.1 Å². The molecule has 0 aliphatic carbocycles. The zero-order valence-electron chi connectivity index (χ0n) is 20.3.